The third kappa shape index (κ3) is 4.51. The van der Waals surface area contributed by atoms with Crippen LogP contribution in [0, 0.1) is 0 Å². The largest absolute Gasteiger partial charge is 0.143 e. The van der Waals surface area contributed by atoms with Gasteiger partial charge in [0.1, 0.15) is 0 Å². The molecule has 19 heavy (non-hydrogen) atoms. The summed E-state index contributed by atoms with van der Waals surface area (Å²) in [7, 11) is 0. The Hall–Kier alpha value is -0.510. The Morgan fingerprint density at radius 2 is 1.53 bits per heavy atom. The molecule has 1 atom stereocenters. The SMILES string of the molecule is CSc1ccc(SCC(C)c2ccc(S)cc2)cc1. The molecular formula is C16H18S3. The summed E-state index contributed by atoms with van der Waals surface area (Å²) in [5, 5.41) is 0. The number of hydrogen-bond donors (Lipinski definition) is 1. The first kappa shape index (κ1) is 14.9. The lowest BCUT2D eigenvalue weighted by Gasteiger charge is -2.12. The summed E-state index contributed by atoms with van der Waals surface area (Å²) in [6.07, 6.45) is 2.11. The van der Waals surface area contributed by atoms with Gasteiger partial charge in [-0.2, -0.15) is 0 Å². The van der Waals surface area contributed by atoms with Gasteiger partial charge in [0.2, 0.25) is 0 Å². The number of benzene rings is 2. The number of rotatable bonds is 5. The lowest BCUT2D eigenvalue weighted by Crippen LogP contribution is -1.96. The van der Waals surface area contributed by atoms with Gasteiger partial charge in [-0.05, 0) is 54.1 Å². The van der Waals surface area contributed by atoms with E-state index in [1.54, 1.807) is 11.8 Å². The van der Waals surface area contributed by atoms with Crippen molar-refractivity contribution in [3.05, 3.63) is 54.1 Å². The average Bonchev–Trinajstić information content (AvgIpc) is 2.46. The second-order valence-corrected chi connectivity index (χ2v) is 6.97. The highest BCUT2D eigenvalue weighted by molar-refractivity contribution is 7.99. The molecule has 0 aliphatic carbocycles. The minimum atomic E-state index is 0.555. The molecule has 0 amide bonds. The molecule has 3 heteroatoms. The molecule has 0 radical (unpaired) electrons. The van der Waals surface area contributed by atoms with Crippen LogP contribution in [0.5, 0.6) is 0 Å². The van der Waals surface area contributed by atoms with E-state index >= 15 is 0 Å². The van der Waals surface area contributed by atoms with Crippen LogP contribution in [0.4, 0.5) is 0 Å². The van der Waals surface area contributed by atoms with E-state index in [2.05, 4.69) is 74.3 Å². The quantitative estimate of drug-likeness (QED) is 0.564. The van der Waals surface area contributed by atoms with Gasteiger partial charge in [-0.15, -0.1) is 36.2 Å². The number of thioether (sulfide) groups is 2. The van der Waals surface area contributed by atoms with E-state index < -0.39 is 0 Å². The Kier molecular flexibility index (Phi) is 5.74. The van der Waals surface area contributed by atoms with Crippen LogP contribution in [0.25, 0.3) is 0 Å². The maximum atomic E-state index is 4.32. The normalized spacial score (nSPS) is 12.4. The zero-order valence-electron chi connectivity index (χ0n) is 11.2. The average molecular weight is 307 g/mol. The number of hydrogen-bond acceptors (Lipinski definition) is 3. The van der Waals surface area contributed by atoms with Gasteiger partial charge < -0.3 is 0 Å². The van der Waals surface area contributed by atoms with E-state index in [4.69, 9.17) is 0 Å². The molecule has 2 aromatic rings. The highest BCUT2D eigenvalue weighted by Gasteiger charge is 2.06. The van der Waals surface area contributed by atoms with Crippen LogP contribution in [-0.2, 0) is 0 Å². The van der Waals surface area contributed by atoms with E-state index in [0.29, 0.717) is 5.92 Å². The minimum Gasteiger partial charge on any atom is -0.143 e. The Morgan fingerprint density at radius 3 is 2.11 bits per heavy atom. The molecule has 0 aliphatic heterocycles. The van der Waals surface area contributed by atoms with Crippen molar-refractivity contribution in [1.82, 2.24) is 0 Å². The molecule has 0 heterocycles. The molecule has 2 rings (SSSR count). The summed E-state index contributed by atoms with van der Waals surface area (Å²) in [4.78, 5) is 3.69. The van der Waals surface area contributed by atoms with Crippen LogP contribution in [0.1, 0.15) is 18.4 Å². The van der Waals surface area contributed by atoms with Crippen molar-refractivity contribution < 1.29 is 0 Å². The predicted molar refractivity (Wildman–Crippen MR) is 91.1 cm³/mol. The van der Waals surface area contributed by atoms with Crippen molar-refractivity contribution in [1.29, 1.82) is 0 Å². The topological polar surface area (TPSA) is 0 Å². The summed E-state index contributed by atoms with van der Waals surface area (Å²) >= 11 is 8.02. The first-order valence-electron chi connectivity index (χ1n) is 6.25. The summed E-state index contributed by atoms with van der Waals surface area (Å²) in [6, 6.07) is 17.3. The van der Waals surface area contributed by atoms with E-state index in [1.807, 2.05) is 11.8 Å². The van der Waals surface area contributed by atoms with Crippen molar-refractivity contribution in [3.63, 3.8) is 0 Å². The molecule has 0 fully saturated rings. The number of thiol groups is 1. The van der Waals surface area contributed by atoms with Crippen LogP contribution >= 0.6 is 36.2 Å². The Labute approximate surface area is 129 Å². The molecular weight excluding hydrogens is 288 g/mol. The predicted octanol–water partition coefficient (Wildman–Crippen LogP) is 5.59. The minimum absolute atomic E-state index is 0.555. The lowest BCUT2D eigenvalue weighted by molar-refractivity contribution is 0.878. The molecule has 2 aromatic carbocycles. The van der Waals surface area contributed by atoms with Gasteiger partial charge in [-0.25, -0.2) is 0 Å². The fourth-order valence-electron chi connectivity index (χ4n) is 1.79. The summed E-state index contributed by atoms with van der Waals surface area (Å²) < 4.78 is 0. The Bertz CT molecular complexity index is 503. The van der Waals surface area contributed by atoms with E-state index in [9.17, 15) is 0 Å². The van der Waals surface area contributed by atoms with Crippen molar-refractivity contribution in [2.24, 2.45) is 0 Å². The Balaban J connectivity index is 1.92. The first-order valence-corrected chi connectivity index (χ1v) is 8.90. The lowest BCUT2D eigenvalue weighted by atomic mass is 10.0. The van der Waals surface area contributed by atoms with Crippen LogP contribution in [0.15, 0.2) is 63.2 Å². The van der Waals surface area contributed by atoms with Gasteiger partial charge in [-0.3, -0.25) is 0 Å². The summed E-state index contributed by atoms with van der Waals surface area (Å²) in [6.45, 7) is 2.27. The maximum Gasteiger partial charge on any atom is 0.00729 e. The van der Waals surface area contributed by atoms with Crippen LogP contribution in [0.3, 0.4) is 0 Å². The van der Waals surface area contributed by atoms with E-state index in [-0.39, 0.29) is 0 Å². The molecule has 100 valence electrons. The van der Waals surface area contributed by atoms with Gasteiger partial charge >= 0.3 is 0 Å². The molecule has 0 N–H and O–H groups in total. The van der Waals surface area contributed by atoms with Crippen molar-refractivity contribution in [2.45, 2.75) is 27.5 Å². The monoisotopic (exact) mass is 306 g/mol. The molecule has 0 spiro atoms. The molecule has 0 saturated carbocycles. The third-order valence-electron chi connectivity index (χ3n) is 3.02. The van der Waals surface area contributed by atoms with Crippen LogP contribution < -0.4 is 0 Å². The molecule has 0 bridgehead atoms. The van der Waals surface area contributed by atoms with E-state index in [1.165, 1.54) is 15.4 Å². The van der Waals surface area contributed by atoms with Crippen LogP contribution in [0.2, 0.25) is 0 Å². The standard InChI is InChI=1S/C16H18S3/c1-12(13-3-5-14(17)6-4-13)11-19-16-9-7-15(18-2)8-10-16/h3-10,12,17H,11H2,1-2H3. The summed E-state index contributed by atoms with van der Waals surface area (Å²) in [5.74, 6) is 1.66. The second-order valence-electron chi connectivity index (χ2n) is 4.48. The van der Waals surface area contributed by atoms with Crippen LogP contribution in [-0.4, -0.2) is 12.0 Å². The first-order chi connectivity index (χ1) is 9.19. The Morgan fingerprint density at radius 1 is 0.947 bits per heavy atom. The molecule has 0 aliphatic rings. The van der Waals surface area contributed by atoms with E-state index in [0.717, 1.165) is 10.6 Å². The zero-order valence-corrected chi connectivity index (χ0v) is 13.7. The fraction of sp³-hybridized carbons (Fsp3) is 0.250. The fourth-order valence-corrected chi connectivity index (χ4v) is 3.31. The smallest absolute Gasteiger partial charge is 0.00729 e. The van der Waals surface area contributed by atoms with Gasteiger partial charge in [0.15, 0.2) is 0 Å². The third-order valence-corrected chi connectivity index (χ3v) is 5.34. The van der Waals surface area contributed by atoms with Gasteiger partial charge in [0, 0.05) is 20.4 Å². The van der Waals surface area contributed by atoms with Crippen molar-refractivity contribution in [3.8, 4) is 0 Å². The molecule has 0 aromatic heterocycles. The van der Waals surface area contributed by atoms with Gasteiger partial charge in [-0.1, -0.05) is 19.1 Å². The zero-order chi connectivity index (χ0) is 13.7. The van der Waals surface area contributed by atoms with Crippen molar-refractivity contribution >= 4 is 36.2 Å². The van der Waals surface area contributed by atoms with Crippen molar-refractivity contribution in [2.75, 3.05) is 12.0 Å². The highest BCUT2D eigenvalue weighted by Crippen LogP contribution is 2.27. The molecule has 1 unspecified atom stereocenters. The highest BCUT2D eigenvalue weighted by atomic mass is 32.2. The van der Waals surface area contributed by atoms with Gasteiger partial charge in [0.25, 0.3) is 0 Å². The molecule has 0 nitrogen and oxygen atoms in total. The van der Waals surface area contributed by atoms with Gasteiger partial charge in [0.05, 0.1) is 0 Å². The summed E-state index contributed by atoms with van der Waals surface area (Å²) in [5.41, 5.74) is 1.38. The molecule has 0 saturated heterocycles. The second kappa shape index (κ2) is 7.32. The maximum absolute atomic E-state index is 4.32.